The number of aromatic nitrogens is 3. The number of anilines is 2. The average Bonchev–Trinajstić information content (AvgIpc) is 2.58. The van der Waals surface area contributed by atoms with Crippen LogP contribution >= 0.6 is 11.8 Å². The number of nitrogens with one attached hydrogen (secondary N) is 1. The van der Waals surface area contributed by atoms with Crippen molar-refractivity contribution >= 4 is 29.6 Å². The number of fused-ring (bicyclic) bond motifs is 1. The second kappa shape index (κ2) is 7.43. The molecule has 25 heavy (non-hydrogen) atoms. The maximum Gasteiger partial charge on any atom is 0.230 e. The lowest BCUT2D eigenvalue weighted by Gasteiger charge is -2.21. The van der Waals surface area contributed by atoms with Crippen molar-refractivity contribution in [1.82, 2.24) is 20.3 Å². The minimum Gasteiger partial charge on any atom is -0.486 e. The Kier molecular flexibility index (Phi) is 5.08. The molecule has 0 aliphatic carbocycles. The summed E-state index contributed by atoms with van der Waals surface area (Å²) < 4.78 is 11.1. The van der Waals surface area contributed by atoms with Crippen molar-refractivity contribution in [3.8, 4) is 11.5 Å². The third-order valence-electron chi connectivity index (χ3n) is 3.43. The number of benzene rings is 1. The first-order chi connectivity index (χ1) is 12.0. The van der Waals surface area contributed by atoms with Gasteiger partial charge in [0.25, 0.3) is 0 Å². The maximum atomic E-state index is 12.1. The Balaban J connectivity index is 1.57. The van der Waals surface area contributed by atoms with Crippen LogP contribution in [0.25, 0.3) is 0 Å². The van der Waals surface area contributed by atoms with E-state index in [4.69, 9.17) is 20.9 Å². The highest BCUT2D eigenvalue weighted by Crippen LogP contribution is 2.32. The lowest BCUT2D eigenvalue weighted by Crippen LogP contribution is -2.28. The van der Waals surface area contributed by atoms with Crippen molar-refractivity contribution in [3.63, 3.8) is 0 Å². The van der Waals surface area contributed by atoms with Gasteiger partial charge >= 0.3 is 0 Å². The molecule has 0 saturated carbocycles. The second-order valence-electron chi connectivity index (χ2n) is 5.32. The molecule has 2 heterocycles. The Morgan fingerprint density at radius 2 is 1.88 bits per heavy atom. The van der Waals surface area contributed by atoms with Crippen molar-refractivity contribution < 1.29 is 14.3 Å². The summed E-state index contributed by atoms with van der Waals surface area (Å²) in [6.07, 6.45) is 0. The lowest BCUT2D eigenvalue weighted by molar-refractivity contribution is -0.119. The highest BCUT2D eigenvalue weighted by atomic mass is 32.2. The van der Waals surface area contributed by atoms with Gasteiger partial charge in [-0.2, -0.15) is 15.0 Å². The minimum absolute atomic E-state index is 0.0278. The Morgan fingerprint density at radius 3 is 2.60 bits per heavy atom. The van der Waals surface area contributed by atoms with Gasteiger partial charge in [-0.3, -0.25) is 4.79 Å². The fourth-order valence-electron chi connectivity index (χ4n) is 2.28. The van der Waals surface area contributed by atoms with E-state index in [1.54, 1.807) is 0 Å². The number of nitrogen functional groups attached to an aromatic ring is 2. The van der Waals surface area contributed by atoms with E-state index in [0.29, 0.717) is 29.9 Å². The van der Waals surface area contributed by atoms with Crippen LogP contribution in [-0.4, -0.2) is 39.8 Å². The molecule has 0 saturated heterocycles. The van der Waals surface area contributed by atoms with Crippen molar-refractivity contribution in [2.75, 3.05) is 30.4 Å². The molecule has 0 spiro atoms. The van der Waals surface area contributed by atoms with Crippen LogP contribution in [0.2, 0.25) is 0 Å². The highest BCUT2D eigenvalue weighted by molar-refractivity contribution is 7.99. The Hall–Kier alpha value is -2.75. The van der Waals surface area contributed by atoms with Gasteiger partial charge in [-0.05, 0) is 24.6 Å². The quantitative estimate of drug-likeness (QED) is 0.658. The van der Waals surface area contributed by atoms with Crippen molar-refractivity contribution in [3.05, 3.63) is 23.8 Å². The third kappa shape index (κ3) is 4.41. The number of nitrogens with zero attached hydrogens (tertiary/aromatic N) is 3. The summed E-state index contributed by atoms with van der Waals surface area (Å²) in [6, 6.07) is 5.44. The van der Waals surface area contributed by atoms with Crippen LogP contribution in [0.1, 0.15) is 18.5 Å². The number of thioether (sulfide) groups is 1. The lowest BCUT2D eigenvalue weighted by atomic mass is 10.1. The van der Waals surface area contributed by atoms with Crippen molar-refractivity contribution in [1.29, 1.82) is 0 Å². The number of nitrogens with two attached hydrogens (primary N) is 2. The summed E-state index contributed by atoms with van der Waals surface area (Å²) in [6.45, 7) is 2.96. The molecule has 2 aromatic rings. The fourth-order valence-corrected chi connectivity index (χ4v) is 2.94. The van der Waals surface area contributed by atoms with Gasteiger partial charge in [0.05, 0.1) is 11.8 Å². The molecule has 1 aliphatic heterocycles. The Labute approximate surface area is 148 Å². The van der Waals surface area contributed by atoms with Crippen LogP contribution in [-0.2, 0) is 4.79 Å². The van der Waals surface area contributed by atoms with E-state index >= 15 is 0 Å². The molecule has 10 heteroatoms. The number of hydrogen-bond acceptors (Lipinski definition) is 9. The SMILES string of the molecule is CC(NC(=O)CSc1nc(N)nc(N)n1)c1ccc2c(c1)OCCO2. The molecule has 1 aliphatic rings. The summed E-state index contributed by atoms with van der Waals surface area (Å²) in [4.78, 5) is 23.7. The molecule has 3 rings (SSSR count). The third-order valence-corrected chi connectivity index (χ3v) is 4.27. The first-order valence-corrected chi connectivity index (χ1v) is 8.58. The number of amides is 1. The average molecular weight is 362 g/mol. The topological polar surface area (TPSA) is 138 Å². The number of carbonyl (C=O) groups is 1. The fraction of sp³-hybridized carbons (Fsp3) is 0.333. The maximum absolute atomic E-state index is 12.1. The van der Waals surface area contributed by atoms with Crippen LogP contribution in [0, 0.1) is 0 Å². The van der Waals surface area contributed by atoms with E-state index in [-0.39, 0.29) is 29.6 Å². The van der Waals surface area contributed by atoms with E-state index in [9.17, 15) is 4.79 Å². The van der Waals surface area contributed by atoms with E-state index in [0.717, 1.165) is 17.3 Å². The van der Waals surface area contributed by atoms with E-state index < -0.39 is 0 Å². The van der Waals surface area contributed by atoms with Crippen LogP contribution in [0.15, 0.2) is 23.4 Å². The van der Waals surface area contributed by atoms with E-state index in [1.807, 2.05) is 25.1 Å². The highest BCUT2D eigenvalue weighted by Gasteiger charge is 2.16. The number of hydrogen-bond donors (Lipinski definition) is 3. The zero-order valence-corrected chi connectivity index (χ0v) is 14.4. The van der Waals surface area contributed by atoms with Crippen molar-refractivity contribution in [2.24, 2.45) is 0 Å². The molecule has 1 aromatic heterocycles. The van der Waals surface area contributed by atoms with Crippen LogP contribution in [0.3, 0.4) is 0 Å². The molecule has 1 amide bonds. The zero-order chi connectivity index (χ0) is 17.8. The second-order valence-corrected chi connectivity index (χ2v) is 6.26. The Morgan fingerprint density at radius 1 is 1.20 bits per heavy atom. The molecule has 1 unspecified atom stereocenters. The van der Waals surface area contributed by atoms with Crippen molar-refractivity contribution in [2.45, 2.75) is 18.1 Å². The molecule has 1 atom stereocenters. The van der Waals surface area contributed by atoms with E-state index in [1.165, 1.54) is 0 Å². The standard InChI is InChI=1S/C15H18N6O3S/c1-8(9-2-3-10-11(6-9)24-5-4-23-10)18-12(22)7-25-15-20-13(16)19-14(17)21-15/h2-3,6,8H,4-5,7H2,1H3,(H,18,22)(H4,16,17,19,20,21). The molecule has 1 aromatic carbocycles. The van der Waals surface area contributed by atoms with E-state index in [2.05, 4.69) is 20.3 Å². The van der Waals surface area contributed by atoms with Gasteiger partial charge in [-0.1, -0.05) is 17.8 Å². The van der Waals surface area contributed by atoms with Gasteiger partial charge in [0.2, 0.25) is 17.8 Å². The molecular formula is C15H18N6O3S. The largest absolute Gasteiger partial charge is 0.486 e. The number of carbonyl (C=O) groups excluding carboxylic acids is 1. The van der Waals surface area contributed by atoms with Gasteiger partial charge in [-0.15, -0.1) is 0 Å². The summed E-state index contributed by atoms with van der Waals surface area (Å²) in [7, 11) is 0. The monoisotopic (exact) mass is 362 g/mol. The number of rotatable bonds is 5. The molecule has 132 valence electrons. The molecule has 5 N–H and O–H groups in total. The summed E-state index contributed by atoms with van der Waals surface area (Å²) in [5.74, 6) is 1.44. The number of ether oxygens (including phenoxy) is 2. The van der Waals surface area contributed by atoms with Gasteiger partial charge in [0, 0.05) is 0 Å². The smallest absolute Gasteiger partial charge is 0.230 e. The normalized spacial score (nSPS) is 14.0. The van der Waals surface area contributed by atoms with Gasteiger partial charge in [-0.25, -0.2) is 0 Å². The molecular weight excluding hydrogens is 344 g/mol. The van der Waals surface area contributed by atoms with Crippen LogP contribution in [0.5, 0.6) is 11.5 Å². The molecule has 9 nitrogen and oxygen atoms in total. The minimum atomic E-state index is -0.183. The summed E-state index contributed by atoms with van der Waals surface area (Å²) >= 11 is 1.14. The predicted molar refractivity (Wildman–Crippen MR) is 93.4 cm³/mol. The van der Waals surface area contributed by atoms with Gasteiger partial charge < -0.3 is 26.3 Å². The van der Waals surface area contributed by atoms with Gasteiger partial charge in [0.15, 0.2) is 16.7 Å². The molecule has 0 radical (unpaired) electrons. The molecule has 0 bridgehead atoms. The first kappa shape index (κ1) is 17.1. The van der Waals surface area contributed by atoms with Crippen LogP contribution in [0.4, 0.5) is 11.9 Å². The molecule has 0 fully saturated rings. The van der Waals surface area contributed by atoms with Crippen LogP contribution < -0.4 is 26.3 Å². The zero-order valence-electron chi connectivity index (χ0n) is 13.6. The van der Waals surface area contributed by atoms with Gasteiger partial charge in [0.1, 0.15) is 13.2 Å². The predicted octanol–water partition coefficient (Wildman–Crippen LogP) is 0.777. The summed E-state index contributed by atoms with van der Waals surface area (Å²) in [5.41, 5.74) is 11.9. The first-order valence-electron chi connectivity index (χ1n) is 7.60. The Bertz CT molecular complexity index is 768. The summed E-state index contributed by atoms with van der Waals surface area (Å²) in [5, 5.41) is 3.22.